The van der Waals surface area contributed by atoms with E-state index in [1.165, 1.54) is 6.39 Å². The van der Waals surface area contributed by atoms with Gasteiger partial charge in [-0.3, -0.25) is 0 Å². The summed E-state index contributed by atoms with van der Waals surface area (Å²) >= 11 is 0. The first kappa shape index (κ1) is 12.9. The van der Waals surface area contributed by atoms with Gasteiger partial charge in [0.2, 0.25) is 0 Å². The Morgan fingerprint density at radius 3 is 2.86 bits per heavy atom. The van der Waals surface area contributed by atoms with E-state index in [0.717, 1.165) is 22.6 Å². The van der Waals surface area contributed by atoms with Crippen LogP contribution in [0.4, 0.5) is 5.69 Å². The summed E-state index contributed by atoms with van der Waals surface area (Å²) in [6.07, 6.45) is 3.11. The zero-order chi connectivity index (χ0) is 14.5. The SMILES string of the molecule is N#Cc1cccc(CNc2cccc(-c3cnco3)c2)c1. The molecule has 0 spiro atoms. The maximum atomic E-state index is 8.90. The minimum atomic E-state index is 0.662. The molecule has 0 saturated carbocycles. The molecule has 1 N–H and O–H groups in total. The van der Waals surface area contributed by atoms with E-state index in [4.69, 9.17) is 9.68 Å². The predicted molar refractivity (Wildman–Crippen MR) is 80.4 cm³/mol. The van der Waals surface area contributed by atoms with E-state index >= 15 is 0 Å². The summed E-state index contributed by atoms with van der Waals surface area (Å²) in [6, 6.07) is 17.7. The summed E-state index contributed by atoms with van der Waals surface area (Å²) in [6.45, 7) is 0.662. The third-order valence-electron chi connectivity index (χ3n) is 3.13. The number of oxazole rings is 1. The summed E-state index contributed by atoms with van der Waals surface area (Å²) in [4.78, 5) is 3.92. The van der Waals surface area contributed by atoms with Crippen LogP contribution in [0.2, 0.25) is 0 Å². The fourth-order valence-electron chi connectivity index (χ4n) is 2.10. The first-order valence-electron chi connectivity index (χ1n) is 6.57. The fourth-order valence-corrected chi connectivity index (χ4v) is 2.10. The molecule has 0 bridgehead atoms. The lowest BCUT2D eigenvalue weighted by Gasteiger charge is -2.08. The molecule has 0 radical (unpaired) electrons. The van der Waals surface area contributed by atoms with Crippen molar-refractivity contribution in [3.05, 3.63) is 72.2 Å². The smallest absolute Gasteiger partial charge is 0.181 e. The Balaban J connectivity index is 1.73. The normalized spacial score (nSPS) is 10.0. The zero-order valence-corrected chi connectivity index (χ0v) is 11.3. The number of benzene rings is 2. The maximum Gasteiger partial charge on any atom is 0.181 e. The Morgan fingerprint density at radius 2 is 2.05 bits per heavy atom. The first-order chi connectivity index (χ1) is 10.3. The second-order valence-corrected chi connectivity index (χ2v) is 4.61. The molecule has 2 aromatic carbocycles. The van der Waals surface area contributed by atoms with Crippen LogP contribution in [0.3, 0.4) is 0 Å². The van der Waals surface area contributed by atoms with Gasteiger partial charge in [-0.2, -0.15) is 5.26 Å². The number of rotatable bonds is 4. The average molecular weight is 275 g/mol. The van der Waals surface area contributed by atoms with Crippen LogP contribution in [-0.4, -0.2) is 4.98 Å². The molecule has 4 nitrogen and oxygen atoms in total. The van der Waals surface area contributed by atoms with E-state index in [9.17, 15) is 0 Å². The highest BCUT2D eigenvalue weighted by atomic mass is 16.3. The third kappa shape index (κ3) is 3.10. The zero-order valence-electron chi connectivity index (χ0n) is 11.3. The number of nitriles is 1. The number of nitrogens with zero attached hydrogens (tertiary/aromatic N) is 2. The van der Waals surface area contributed by atoms with Gasteiger partial charge in [-0.05, 0) is 29.8 Å². The number of nitrogens with one attached hydrogen (secondary N) is 1. The minimum absolute atomic E-state index is 0.662. The summed E-state index contributed by atoms with van der Waals surface area (Å²) in [5.74, 6) is 0.741. The van der Waals surface area contributed by atoms with Crippen molar-refractivity contribution in [3.8, 4) is 17.4 Å². The molecule has 1 aromatic heterocycles. The lowest BCUT2D eigenvalue weighted by Crippen LogP contribution is -1.99. The van der Waals surface area contributed by atoms with Gasteiger partial charge in [0.15, 0.2) is 12.2 Å². The van der Waals surface area contributed by atoms with Crippen LogP contribution in [0.15, 0.2) is 65.5 Å². The topological polar surface area (TPSA) is 61.9 Å². The van der Waals surface area contributed by atoms with Gasteiger partial charge >= 0.3 is 0 Å². The molecule has 0 amide bonds. The Hall–Kier alpha value is -3.06. The van der Waals surface area contributed by atoms with Crippen molar-refractivity contribution in [3.63, 3.8) is 0 Å². The Labute approximate surface area is 122 Å². The summed E-state index contributed by atoms with van der Waals surface area (Å²) in [5.41, 5.74) is 3.71. The quantitative estimate of drug-likeness (QED) is 0.786. The lowest BCUT2D eigenvalue weighted by molar-refractivity contribution is 0.572. The Bertz CT molecular complexity index is 773. The number of hydrogen-bond donors (Lipinski definition) is 1. The molecular weight excluding hydrogens is 262 g/mol. The lowest BCUT2D eigenvalue weighted by atomic mass is 10.1. The van der Waals surface area contributed by atoms with Crippen LogP contribution in [0.5, 0.6) is 0 Å². The van der Waals surface area contributed by atoms with Crippen molar-refractivity contribution in [2.45, 2.75) is 6.54 Å². The van der Waals surface area contributed by atoms with E-state index in [1.54, 1.807) is 12.3 Å². The molecule has 1 heterocycles. The van der Waals surface area contributed by atoms with Gasteiger partial charge in [-0.15, -0.1) is 0 Å². The molecule has 0 aliphatic heterocycles. The average Bonchev–Trinajstić information content (AvgIpc) is 3.08. The van der Waals surface area contributed by atoms with E-state index in [1.807, 2.05) is 42.5 Å². The van der Waals surface area contributed by atoms with E-state index < -0.39 is 0 Å². The van der Waals surface area contributed by atoms with Crippen LogP contribution in [0.25, 0.3) is 11.3 Å². The van der Waals surface area contributed by atoms with Gasteiger partial charge in [0.25, 0.3) is 0 Å². The van der Waals surface area contributed by atoms with E-state index in [0.29, 0.717) is 12.1 Å². The van der Waals surface area contributed by atoms with Crippen molar-refractivity contribution in [1.82, 2.24) is 4.98 Å². The van der Waals surface area contributed by atoms with Gasteiger partial charge in [-0.25, -0.2) is 4.98 Å². The molecule has 3 aromatic rings. The molecule has 0 unspecified atom stereocenters. The van der Waals surface area contributed by atoms with Crippen molar-refractivity contribution in [2.75, 3.05) is 5.32 Å². The molecule has 0 aliphatic carbocycles. The van der Waals surface area contributed by atoms with Gasteiger partial charge in [-0.1, -0.05) is 24.3 Å². The van der Waals surface area contributed by atoms with E-state index in [-0.39, 0.29) is 0 Å². The number of anilines is 1. The fraction of sp³-hybridized carbons (Fsp3) is 0.0588. The van der Waals surface area contributed by atoms with Crippen molar-refractivity contribution in [1.29, 1.82) is 5.26 Å². The second-order valence-electron chi connectivity index (χ2n) is 4.61. The van der Waals surface area contributed by atoms with Gasteiger partial charge < -0.3 is 9.73 Å². The largest absolute Gasteiger partial charge is 0.444 e. The van der Waals surface area contributed by atoms with Crippen molar-refractivity contribution >= 4 is 5.69 Å². The van der Waals surface area contributed by atoms with E-state index in [2.05, 4.69) is 16.4 Å². The highest BCUT2D eigenvalue weighted by Gasteiger charge is 2.02. The molecule has 0 aliphatic rings. The molecule has 0 fully saturated rings. The van der Waals surface area contributed by atoms with Crippen LogP contribution < -0.4 is 5.32 Å². The van der Waals surface area contributed by atoms with Crippen LogP contribution in [0.1, 0.15) is 11.1 Å². The Kier molecular flexibility index (Phi) is 3.66. The molecule has 3 rings (SSSR count). The maximum absolute atomic E-state index is 8.90. The summed E-state index contributed by atoms with van der Waals surface area (Å²) < 4.78 is 5.29. The van der Waals surface area contributed by atoms with Crippen LogP contribution in [0, 0.1) is 11.3 Å². The monoisotopic (exact) mass is 275 g/mol. The third-order valence-corrected chi connectivity index (χ3v) is 3.13. The number of aromatic nitrogens is 1. The highest BCUT2D eigenvalue weighted by Crippen LogP contribution is 2.22. The van der Waals surface area contributed by atoms with Crippen molar-refractivity contribution < 1.29 is 4.42 Å². The Morgan fingerprint density at radius 1 is 1.14 bits per heavy atom. The minimum Gasteiger partial charge on any atom is -0.444 e. The van der Waals surface area contributed by atoms with Gasteiger partial charge in [0.1, 0.15) is 0 Å². The van der Waals surface area contributed by atoms with Crippen LogP contribution >= 0.6 is 0 Å². The van der Waals surface area contributed by atoms with Gasteiger partial charge in [0, 0.05) is 17.8 Å². The molecule has 4 heteroatoms. The molecule has 102 valence electrons. The first-order valence-corrected chi connectivity index (χ1v) is 6.57. The standard InChI is InChI=1S/C17H13N3O/c18-9-13-3-1-4-14(7-13)10-20-16-6-2-5-15(8-16)17-11-19-12-21-17/h1-8,11-12,20H,10H2. The molecule has 21 heavy (non-hydrogen) atoms. The second kappa shape index (κ2) is 5.93. The molecule has 0 saturated heterocycles. The predicted octanol–water partition coefficient (Wildman–Crippen LogP) is 3.83. The van der Waals surface area contributed by atoms with Crippen LogP contribution in [-0.2, 0) is 6.54 Å². The van der Waals surface area contributed by atoms with Crippen molar-refractivity contribution in [2.24, 2.45) is 0 Å². The molecule has 0 atom stereocenters. The molecular formula is C17H13N3O. The van der Waals surface area contributed by atoms with Gasteiger partial charge in [0.05, 0.1) is 17.8 Å². The summed E-state index contributed by atoms with van der Waals surface area (Å²) in [7, 11) is 0. The highest BCUT2D eigenvalue weighted by molar-refractivity contribution is 5.63. The number of hydrogen-bond acceptors (Lipinski definition) is 4. The summed E-state index contributed by atoms with van der Waals surface area (Å²) in [5, 5.41) is 12.2.